The van der Waals surface area contributed by atoms with Gasteiger partial charge in [-0.15, -0.1) is 0 Å². The molecule has 0 radical (unpaired) electrons. The van der Waals surface area contributed by atoms with Crippen LogP contribution in [0.2, 0.25) is 366 Å². The van der Waals surface area contributed by atoms with Crippen molar-refractivity contribution in [3.8, 4) is 0 Å². The highest BCUT2D eigenvalue weighted by Crippen LogP contribution is 2.38. The van der Waals surface area contributed by atoms with Gasteiger partial charge in [-0.2, -0.15) is 0 Å². The van der Waals surface area contributed by atoms with E-state index in [1.54, 1.807) is 0 Å². The predicted octanol–water partition coefficient (Wildman–Crippen LogP) is 23.0. The van der Waals surface area contributed by atoms with Crippen LogP contribution in [0.3, 0.4) is 0 Å². The molecule has 0 spiro atoms. The second-order valence-electron chi connectivity index (χ2n) is 44.1. The second-order valence-corrected chi connectivity index (χ2v) is 144. The van der Waals surface area contributed by atoms with E-state index in [4.69, 9.17) is 112 Å². The zero-order chi connectivity index (χ0) is 101. The fraction of sp³-hybridized carbons (Fsp3) is 0.912. The SMILES string of the molecule is C=COC(=O)OCCCC[Si](C)(C)O[Si](C)(C)O[Si](C)(C)O[Si](C)(C)O[Si](C)(C)O[Si](C)(C)O[Si](C)(C)O[Si](C)(C)O[Si](C)(C)O[Si](C)(C)O[Si](C)(C)O[Si](C)(C)O[Si](C)(C)O[Si](C)(C)O[Si](C)(C)O[Si](C)(C)O[Si](C)(C)O[Si](C)(C)O[Si](C)(C)O[Si](C)(C)O[Si](C)(C)O[Si](C)(C)O[Si](C)(C)O[Si](C)(C)O[Si](C)(C)O[Si](C)(C)O[Si](C)(C)C.C=COC(C)=O.CC.O. The number of carbonyl (C=O) groups is 2. The molecule has 0 amide bonds. The van der Waals surface area contributed by atoms with Gasteiger partial charge in [0.25, 0.3) is 0 Å². The largest absolute Gasteiger partial charge is 0.513 e. The van der Waals surface area contributed by atoms with Crippen molar-refractivity contribution in [1.82, 2.24) is 0 Å². The molecule has 0 heterocycles. The first-order valence-electron chi connectivity index (χ1n) is 44.1. The van der Waals surface area contributed by atoms with Crippen LogP contribution in [0.4, 0.5) is 4.79 Å². The summed E-state index contributed by atoms with van der Waals surface area (Å²) >= 11 is 0. The van der Waals surface area contributed by atoms with E-state index in [1.165, 1.54) is 6.92 Å². The maximum Gasteiger partial charge on any atom is 0.513 e. The van der Waals surface area contributed by atoms with Crippen molar-refractivity contribution in [1.29, 1.82) is 0 Å². The van der Waals surface area contributed by atoms with Crippen molar-refractivity contribution in [2.75, 3.05) is 6.61 Å². The Morgan fingerprint density at radius 3 is 0.441 bits per heavy atom. The van der Waals surface area contributed by atoms with Crippen molar-refractivity contribution in [3.63, 3.8) is 0 Å². The van der Waals surface area contributed by atoms with Crippen LogP contribution >= 0.6 is 0 Å². The summed E-state index contributed by atoms with van der Waals surface area (Å²) in [5.74, 6) is -0.329. The molecule has 0 aromatic carbocycles. The highest BCUT2D eigenvalue weighted by Gasteiger charge is 2.57. The van der Waals surface area contributed by atoms with Crippen LogP contribution in [0.25, 0.3) is 0 Å². The molecule has 0 saturated carbocycles. The summed E-state index contributed by atoms with van der Waals surface area (Å²) < 4.78 is 194. The van der Waals surface area contributed by atoms with E-state index >= 15 is 0 Å². The number of hydrogen-bond acceptors (Lipinski definition) is 31. The van der Waals surface area contributed by atoms with Crippen LogP contribution in [-0.4, -0.2) is 255 Å². The fourth-order valence-electron chi connectivity index (χ4n) is 17.2. The molecule has 0 bridgehead atoms. The van der Waals surface area contributed by atoms with Gasteiger partial charge in [0.15, 0.2) is 16.6 Å². The van der Waals surface area contributed by atoms with E-state index in [0.717, 1.165) is 25.0 Å². The molecule has 0 rings (SSSR count). The molecule has 0 saturated heterocycles. The molecule has 762 valence electrons. The smallest absolute Gasteiger partial charge is 0.437 e. The minimum atomic E-state index is -2.93. The van der Waals surface area contributed by atoms with Crippen LogP contribution in [-0.2, 0) is 126 Å². The Kier molecular flexibility index (Phi) is 53.4. The summed E-state index contributed by atoms with van der Waals surface area (Å²) in [4.78, 5) is 21.3. The number of carbonyl (C=O) groups excluding carboxylic acids is 2. The molecule has 0 aromatic rings. The third-order valence-electron chi connectivity index (χ3n) is 14.7. The summed E-state index contributed by atoms with van der Waals surface area (Å²) in [6.45, 7) is 126. The molecule has 32 nitrogen and oxygen atoms in total. The standard InChI is InChI=1S/C62H176O29Si27.C4H6O2.C2H6.H2O/c1-57-64-62(63)65-60-58-59-61-93(5,6)67-95(9,10)69-97(13,14)71-99(17,18)73-101(21,22)75-103(25,26)77-105(29,30)79-107(33,34)81-109(37,38)83-111(41,42)85-113(45,46)87-115(49,50)89-117(53,54)91-118(55,56)90-116(51,52)88-114(47,48)86-112(43,44)84-110(39,40)82-108(35,36)80-106(31,32)78-104(27,28)76-102(23,24)74-100(19,20)72-98(15,16)70-96(11,12)68-94(7,8)66-92(2,3)4;1-3-6-4(2)5;1-2;/h57H,1,58-61H2,2-56H3;3H,1H2,2H3;1-2H3;1H2. The third kappa shape index (κ3) is 68.7. The number of esters is 1. The molecule has 0 unspecified atom stereocenters. The molecule has 0 aromatic heterocycles. The van der Waals surface area contributed by atoms with Gasteiger partial charge >= 0.3 is 226 Å². The highest BCUT2D eigenvalue weighted by atomic mass is 28.6. The zero-order valence-electron chi connectivity index (χ0n) is 91.1. The van der Waals surface area contributed by atoms with Crippen molar-refractivity contribution in [2.45, 2.75) is 400 Å². The van der Waals surface area contributed by atoms with Crippen molar-refractivity contribution < 1.29 is 136 Å². The van der Waals surface area contributed by atoms with Gasteiger partial charge < -0.3 is 127 Å². The van der Waals surface area contributed by atoms with Crippen LogP contribution in [0.1, 0.15) is 33.6 Å². The normalized spacial score (nSPS) is 15.1. The summed E-state index contributed by atoms with van der Waals surface area (Å²) in [6.07, 6.45) is 2.96. The second kappa shape index (κ2) is 49.8. The van der Waals surface area contributed by atoms with Crippen LogP contribution in [0.5, 0.6) is 0 Å². The minimum Gasteiger partial charge on any atom is -0.437 e. The Labute approximate surface area is 804 Å². The Morgan fingerprint density at radius 1 is 0.205 bits per heavy atom. The monoisotopic (exact) mass is 2270 g/mol. The Balaban J connectivity index is -0.00000803. The molecule has 59 heteroatoms. The lowest BCUT2D eigenvalue weighted by atomic mass is 10.4. The van der Waals surface area contributed by atoms with Gasteiger partial charge in [0.05, 0.1) is 19.1 Å². The van der Waals surface area contributed by atoms with E-state index in [9.17, 15) is 9.59 Å². The van der Waals surface area contributed by atoms with Crippen LogP contribution in [0.15, 0.2) is 25.7 Å². The molecule has 0 aliphatic carbocycles. The lowest BCUT2D eigenvalue weighted by Gasteiger charge is -2.45. The first-order chi connectivity index (χ1) is 54.6. The molecule has 127 heavy (non-hydrogen) atoms. The van der Waals surface area contributed by atoms with Gasteiger partial charge in [0, 0.05) is 6.92 Å². The lowest BCUT2D eigenvalue weighted by Crippen LogP contribution is -2.63. The molecule has 0 aliphatic rings. The average molecular weight is 2280 g/mol. The first kappa shape index (κ1) is 136. The quantitative estimate of drug-likeness (QED) is 0.0236. The average Bonchev–Trinajstić information content (AvgIpc) is 0.804. The maximum atomic E-state index is 11.5. The Morgan fingerprint density at radius 2 is 0.331 bits per heavy atom. The number of unbranched alkanes of at least 4 members (excludes halogenated alkanes) is 1. The van der Waals surface area contributed by atoms with Gasteiger partial charge in [-0.1, -0.05) is 33.4 Å². The topological polar surface area (TPSA) is 333 Å². The summed E-state index contributed by atoms with van der Waals surface area (Å²) in [5, 5.41) is 0. The summed E-state index contributed by atoms with van der Waals surface area (Å²) in [5.41, 5.74) is 0. The molecule has 0 aliphatic heterocycles. The van der Waals surface area contributed by atoms with Crippen LogP contribution in [0, 0.1) is 0 Å². The molecule has 2 N–H and O–H groups in total. The van der Waals surface area contributed by atoms with Gasteiger partial charge in [-0.3, -0.25) is 4.79 Å². The number of rotatable bonds is 59. The van der Waals surface area contributed by atoms with Crippen molar-refractivity contribution in [3.05, 3.63) is 25.7 Å². The first-order valence-corrected chi connectivity index (χ1v) is 121. The Bertz CT molecular complexity index is 3320. The van der Waals surface area contributed by atoms with Crippen molar-refractivity contribution in [2.24, 2.45) is 0 Å². The third-order valence-corrected chi connectivity index (χ3v) is 119. The lowest BCUT2D eigenvalue weighted by molar-refractivity contribution is -0.135. The van der Waals surface area contributed by atoms with Gasteiger partial charge in [-0.05, 0) is 373 Å². The van der Waals surface area contributed by atoms with Gasteiger partial charge in [-0.25, -0.2) is 4.79 Å². The molecular weight excluding hydrogens is 2090 g/mol. The highest BCUT2D eigenvalue weighted by molar-refractivity contribution is 6.98. The molecule has 0 atom stereocenters. The minimum absolute atomic E-state index is 0. The van der Waals surface area contributed by atoms with E-state index in [-0.39, 0.29) is 18.1 Å². The van der Waals surface area contributed by atoms with Crippen molar-refractivity contribution >= 4 is 243 Å². The molecular formula is C68H190O32Si27. The van der Waals surface area contributed by atoms with Gasteiger partial charge in [0.2, 0.25) is 0 Å². The number of hydrogen-bond donors (Lipinski definition) is 0. The zero-order valence-corrected chi connectivity index (χ0v) is 118. The fourth-order valence-corrected chi connectivity index (χ4v) is 157. The maximum absolute atomic E-state index is 11.5. The molecule has 0 fully saturated rings. The van der Waals surface area contributed by atoms with E-state index in [0.29, 0.717) is 6.42 Å². The number of ether oxygens (including phenoxy) is 3. The van der Waals surface area contributed by atoms with Gasteiger partial charge in [0.1, 0.15) is 0 Å². The van der Waals surface area contributed by atoms with E-state index < -0.39 is 237 Å². The summed E-state index contributed by atoms with van der Waals surface area (Å²) in [7, 11) is -75.1. The van der Waals surface area contributed by atoms with Crippen LogP contribution < -0.4 is 0 Å². The summed E-state index contributed by atoms with van der Waals surface area (Å²) in [6, 6.07) is 0.886. The van der Waals surface area contributed by atoms with E-state index in [2.05, 4.69) is 239 Å². The van der Waals surface area contributed by atoms with E-state index in [1.807, 2.05) is 158 Å². The predicted molar refractivity (Wildman–Crippen MR) is 580 cm³/mol. The Hall–Kier alpha value is 3.00.